The van der Waals surface area contributed by atoms with Gasteiger partial charge in [0.1, 0.15) is 12.2 Å². The van der Waals surface area contributed by atoms with Gasteiger partial charge in [-0.05, 0) is 0 Å². The van der Waals surface area contributed by atoms with Gasteiger partial charge in [0.2, 0.25) is 11.5 Å². The monoisotopic (exact) mass is 176 g/mol. The van der Waals surface area contributed by atoms with E-state index in [1.807, 2.05) is 0 Å². The van der Waals surface area contributed by atoms with Crippen molar-refractivity contribution in [2.75, 3.05) is 0 Å². The van der Waals surface area contributed by atoms with E-state index in [0.717, 1.165) is 0 Å². The van der Waals surface area contributed by atoms with Gasteiger partial charge in [0.05, 0.1) is 0 Å². The van der Waals surface area contributed by atoms with E-state index >= 15 is 0 Å². The lowest BCUT2D eigenvalue weighted by Gasteiger charge is -2.22. The highest BCUT2D eigenvalue weighted by molar-refractivity contribution is 5.33. The molecule has 12 heavy (non-hydrogen) atoms. The second-order valence-electron chi connectivity index (χ2n) is 2.36. The van der Waals surface area contributed by atoms with E-state index < -0.39 is 35.2 Å². The van der Waals surface area contributed by atoms with Crippen LogP contribution in [0.4, 0.5) is 0 Å². The molecule has 0 spiro atoms. The van der Waals surface area contributed by atoms with Gasteiger partial charge in [-0.25, -0.2) is 0 Å². The molecule has 0 aromatic rings. The van der Waals surface area contributed by atoms with E-state index in [-0.39, 0.29) is 0 Å². The first-order valence-corrected chi connectivity index (χ1v) is 3.07. The number of hydrogen-bond acceptors (Lipinski definition) is 6. The molecule has 6 heteroatoms. The van der Waals surface area contributed by atoms with Crippen molar-refractivity contribution in [3.05, 3.63) is 23.0 Å². The Morgan fingerprint density at radius 2 is 0.917 bits per heavy atom. The van der Waals surface area contributed by atoms with Gasteiger partial charge >= 0.3 is 0 Å². The molecule has 0 aliphatic heterocycles. The molecule has 0 aromatic heterocycles. The highest BCUT2D eigenvalue weighted by Gasteiger charge is 2.35. The van der Waals surface area contributed by atoms with Crippen molar-refractivity contribution in [3.63, 3.8) is 0 Å². The molecule has 6 nitrogen and oxygen atoms in total. The third-order valence-corrected chi connectivity index (χ3v) is 1.57. The Morgan fingerprint density at radius 3 is 1.17 bits per heavy atom. The average molecular weight is 176 g/mol. The Labute approximate surface area is 66.9 Å². The molecule has 0 unspecified atom stereocenters. The summed E-state index contributed by atoms with van der Waals surface area (Å²) in [5.74, 6) is -4.02. The molecule has 0 bridgehead atoms. The van der Waals surface area contributed by atoms with Gasteiger partial charge in [-0.3, -0.25) is 0 Å². The first-order chi connectivity index (χ1) is 5.46. The van der Waals surface area contributed by atoms with Crippen LogP contribution in [0.3, 0.4) is 0 Å². The van der Waals surface area contributed by atoms with Crippen LogP contribution in [0.25, 0.3) is 0 Å². The van der Waals surface area contributed by atoms with Crippen LogP contribution in [0.5, 0.6) is 0 Å². The van der Waals surface area contributed by atoms with Crippen molar-refractivity contribution >= 4 is 0 Å². The van der Waals surface area contributed by atoms with Gasteiger partial charge in [0.15, 0.2) is 11.5 Å². The Kier molecular flexibility index (Phi) is 1.87. The summed E-state index contributed by atoms with van der Waals surface area (Å²) >= 11 is 0. The van der Waals surface area contributed by atoms with E-state index in [9.17, 15) is 0 Å². The molecule has 0 amide bonds. The van der Waals surface area contributed by atoms with Crippen LogP contribution in [0.15, 0.2) is 23.0 Å². The maximum atomic E-state index is 8.88. The van der Waals surface area contributed by atoms with E-state index in [1.165, 1.54) is 0 Å². The number of aliphatic hydroxyl groups excluding tert-OH is 6. The maximum absolute atomic E-state index is 8.88. The molecule has 6 N–H and O–H groups in total. The van der Waals surface area contributed by atoms with Gasteiger partial charge in [0.25, 0.3) is 0 Å². The molecule has 0 aromatic carbocycles. The minimum Gasteiger partial charge on any atom is -0.506 e. The Balaban J connectivity index is 3.18. The van der Waals surface area contributed by atoms with Crippen LogP contribution in [0.2, 0.25) is 0 Å². The summed E-state index contributed by atoms with van der Waals surface area (Å²) in [7, 11) is 0. The van der Waals surface area contributed by atoms with E-state index in [1.54, 1.807) is 0 Å². The van der Waals surface area contributed by atoms with Crippen LogP contribution >= 0.6 is 0 Å². The zero-order valence-corrected chi connectivity index (χ0v) is 5.84. The SMILES string of the molecule is OC1=C(O)[C@@H](O)[C@@H](O)C(O)=C1O. The standard InChI is InChI=1S/C6H8O6/c7-1-2(8)4(10)6(12)5(11)3(1)9/h1-2,7-12H/t1-,2+. The van der Waals surface area contributed by atoms with E-state index in [2.05, 4.69) is 0 Å². The lowest BCUT2D eigenvalue weighted by Crippen LogP contribution is -2.35. The minimum atomic E-state index is -1.82. The predicted molar refractivity (Wildman–Crippen MR) is 36.6 cm³/mol. The Bertz CT molecular complexity index is 237. The smallest absolute Gasteiger partial charge is 0.202 e. The number of hydrogen-bond donors (Lipinski definition) is 6. The third-order valence-electron chi connectivity index (χ3n) is 1.57. The fourth-order valence-corrected chi connectivity index (χ4v) is 0.822. The molecule has 0 saturated heterocycles. The van der Waals surface area contributed by atoms with Gasteiger partial charge < -0.3 is 30.6 Å². The normalized spacial score (nSPS) is 31.2. The maximum Gasteiger partial charge on any atom is 0.202 e. The van der Waals surface area contributed by atoms with Crippen LogP contribution in [0.1, 0.15) is 0 Å². The first kappa shape index (κ1) is 8.69. The second kappa shape index (κ2) is 2.58. The largest absolute Gasteiger partial charge is 0.506 e. The Hall–Kier alpha value is -1.40. The van der Waals surface area contributed by atoms with E-state index in [0.29, 0.717) is 0 Å². The molecule has 1 aliphatic rings. The van der Waals surface area contributed by atoms with Crippen molar-refractivity contribution < 1.29 is 30.6 Å². The zero-order valence-electron chi connectivity index (χ0n) is 5.84. The van der Waals surface area contributed by atoms with Crippen LogP contribution < -0.4 is 0 Å². The summed E-state index contributed by atoms with van der Waals surface area (Å²) in [6.45, 7) is 0. The topological polar surface area (TPSA) is 121 Å². The predicted octanol–water partition coefficient (Wildman–Crippen LogP) is -0.623. The van der Waals surface area contributed by atoms with Crippen LogP contribution in [-0.2, 0) is 0 Å². The minimum absolute atomic E-state index is 0.974. The van der Waals surface area contributed by atoms with Gasteiger partial charge in [-0.15, -0.1) is 0 Å². The van der Waals surface area contributed by atoms with Crippen molar-refractivity contribution in [1.82, 2.24) is 0 Å². The summed E-state index contributed by atoms with van der Waals surface area (Å²) < 4.78 is 0. The molecule has 1 rings (SSSR count). The lowest BCUT2D eigenvalue weighted by atomic mass is 10.0. The zero-order chi connectivity index (χ0) is 9.46. The van der Waals surface area contributed by atoms with Crippen molar-refractivity contribution in [2.45, 2.75) is 12.2 Å². The van der Waals surface area contributed by atoms with Gasteiger partial charge in [-0.1, -0.05) is 0 Å². The summed E-state index contributed by atoms with van der Waals surface area (Å²) in [6.07, 6.45) is -3.64. The summed E-state index contributed by atoms with van der Waals surface area (Å²) in [5, 5.41) is 53.0. The quantitative estimate of drug-likeness (QED) is 0.292. The molecular weight excluding hydrogens is 168 g/mol. The summed E-state index contributed by atoms with van der Waals surface area (Å²) in [5.41, 5.74) is 0. The highest BCUT2D eigenvalue weighted by Crippen LogP contribution is 2.24. The van der Waals surface area contributed by atoms with Crippen LogP contribution in [0, 0.1) is 0 Å². The number of rotatable bonds is 0. The fourth-order valence-electron chi connectivity index (χ4n) is 0.822. The fraction of sp³-hybridized carbons (Fsp3) is 0.333. The molecule has 1 aliphatic carbocycles. The average Bonchev–Trinajstić information content (AvgIpc) is 2.08. The molecule has 0 heterocycles. The molecule has 0 saturated carbocycles. The van der Waals surface area contributed by atoms with Gasteiger partial charge in [-0.2, -0.15) is 0 Å². The molecule has 0 radical (unpaired) electrons. The van der Waals surface area contributed by atoms with Crippen molar-refractivity contribution in [3.8, 4) is 0 Å². The summed E-state index contributed by atoms with van der Waals surface area (Å²) in [4.78, 5) is 0. The molecule has 2 atom stereocenters. The van der Waals surface area contributed by atoms with Crippen LogP contribution in [-0.4, -0.2) is 42.8 Å². The van der Waals surface area contributed by atoms with E-state index in [4.69, 9.17) is 30.6 Å². The van der Waals surface area contributed by atoms with Gasteiger partial charge in [0, 0.05) is 0 Å². The molecule has 0 fully saturated rings. The summed E-state index contributed by atoms with van der Waals surface area (Å²) in [6, 6.07) is 0. The van der Waals surface area contributed by atoms with Crippen molar-refractivity contribution in [2.24, 2.45) is 0 Å². The first-order valence-electron chi connectivity index (χ1n) is 3.07. The third kappa shape index (κ3) is 0.973. The Morgan fingerprint density at radius 1 is 0.667 bits per heavy atom. The molecule has 68 valence electrons. The molecular formula is C6H8O6. The lowest BCUT2D eigenvalue weighted by molar-refractivity contribution is -0.000877. The van der Waals surface area contributed by atoms with Crippen molar-refractivity contribution in [1.29, 1.82) is 0 Å². The second-order valence-corrected chi connectivity index (χ2v) is 2.36. The highest BCUT2D eigenvalue weighted by atomic mass is 16.4. The number of aliphatic hydroxyl groups is 6.